The van der Waals surface area contributed by atoms with Crippen molar-refractivity contribution < 1.29 is 23.8 Å². The zero-order chi connectivity index (χ0) is 23.1. The first-order chi connectivity index (χ1) is 15.3. The van der Waals surface area contributed by atoms with Crippen LogP contribution in [0.15, 0.2) is 60.7 Å². The molecule has 1 aromatic carbocycles. The minimum atomic E-state index is -0.411. The molecule has 1 saturated carbocycles. The number of hydrogen-bond acceptors (Lipinski definition) is 6. The highest BCUT2D eigenvalue weighted by Gasteiger charge is 2.24. The van der Waals surface area contributed by atoms with Gasteiger partial charge in [-0.05, 0) is 68.7 Å². The molecule has 0 unspecified atom stereocenters. The molecule has 32 heavy (non-hydrogen) atoms. The Morgan fingerprint density at radius 3 is 2.16 bits per heavy atom. The van der Waals surface area contributed by atoms with E-state index in [4.69, 9.17) is 14.2 Å². The van der Waals surface area contributed by atoms with Crippen LogP contribution in [0.2, 0.25) is 0 Å². The first-order valence-electron chi connectivity index (χ1n) is 10.8. The summed E-state index contributed by atoms with van der Waals surface area (Å²) >= 11 is 1.83. The zero-order valence-electron chi connectivity index (χ0n) is 18.7. The number of benzene rings is 1. The van der Waals surface area contributed by atoms with Gasteiger partial charge in [0.1, 0.15) is 6.61 Å². The average Bonchev–Trinajstić information content (AvgIpc) is 3.28. The van der Waals surface area contributed by atoms with Gasteiger partial charge in [-0.15, -0.1) is 11.3 Å². The van der Waals surface area contributed by atoms with E-state index in [0.717, 1.165) is 36.8 Å². The lowest BCUT2D eigenvalue weighted by Crippen LogP contribution is -2.22. The maximum Gasteiger partial charge on any atom is 0.335 e. The Bertz CT molecular complexity index is 964. The molecule has 0 radical (unpaired) electrons. The van der Waals surface area contributed by atoms with Crippen molar-refractivity contribution in [1.82, 2.24) is 0 Å². The smallest absolute Gasteiger partial charge is 0.335 e. The molecular formula is C26H30O5S. The summed E-state index contributed by atoms with van der Waals surface area (Å²) in [5, 5.41) is 0. The maximum atomic E-state index is 11.5. The van der Waals surface area contributed by atoms with Gasteiger partial charge in [-0.1, -0.05) is 37.4 Å². The van der Waals surface area contributed by atoms with Crippen LogP contribution >= 0.6 is 11.3 Å². The Balaban J connectivity index is 1.48. The molecule has 1 aromatic heterocycles. The van der Waals surface area contributed by atoms with E-state index in [-0.39, 0.29) is 25.5 Å². The Hall–Kier alpha value is -2.70. The molecule has 1 aliphatic carbocycles. The fourth-order valence-corrected chi connectivity index (χ4v) is 4.77. The second-order valence-electron chi connectivity index (χ2n) is 8.23. The molecule has 170 valence electrons. The van der Waals surface area contributed by atoms with Crippen molar-refractivity contribution in [2.24, 2.45) is 0 Å². The summed E-state index contributed by atoms with van der Waals surface area (Å²) < 4.78 is 15.9. The molecule has 6 heteroatoms. The molecule has 3 rings (SSSR count). The third-order valence-corrected chi connectivity index (χ3v) is 6.80. The maximum absolute atomic E-state index is 11.5. The Labute approximate surface area is 193 Å². The van der Waals surface area contributed by atoms with Crippen LogP contribution in [0.4, 0.5) is 0 Å². The fourth-order valence-electron chi connectivity index (χ4n) is 3.59. The summed E-state index contributed by atoms with van der Waals surface area (Å²) in [6, 6.07) is 12.5. The van der Waals surface area contributed by atoms with E-state index in [9.17, 15) is 9.59 Å². The number of hydrogen-bond donors (Lipinski definition) is 0. The number of carbonyl (C=O) groups is 2. The normalized spacial score (nSPS) is 18.1. The van der Waals surface area contributed by atoms with Crippen LogP contribution in [0.25, 0.3) is 10.4 Å². The lowest BCUT2D eigenvalue weighted by molar-refractivity contribution is -0.157. The fraction of sp³-hybridized carbons (Fsp3) is 0.385. The zero-order valence-corrected chi connectivity index (χ0v) is 19.5. The minimum Gasteiger partial charge on any atom is -0.457 e. The Morgan fingerprint density at radius 1 is 0.906 bits per heavy atom. The monoisotopic (exact) mass is 454 g/mol. The van der Waals surface area contributed by atoms with Gasteiger partial charge in [0.15, 0.2) is 6.79 Å². The number of esters is 2. The van der Waals surface area contributed by atoms with Crippen molar-refractivity contribution in [3.63, 3.8) is 0 Å². The molecule has 0 spiro atoms. The highest BCUT2D eigenvalue weighted by Crippen LogP contribution is 2.40. The molecule has 1 heterocycles. The molecule has 0 bridgehead atoms. The van der Waals surface area contributed by atoms with Gasteiger partial charge >= 0.3 is 11.9 Å². The molecule has 0 N–H and O–H groups in total. The largest absolute Gasteiger partial charge is 0.457 e. The third-order valence-electron chi connectivity index (χ3n) is 5.50. The summed E-state index contributed by atoms with van der Waals surface area (Å²) in [4.78, 5) is 25.6. The molecule has 1 aliphatic rings. The third kappa shape index (κ3) is 6.65. The van der Waals surface area contributed by atoms with Crippen molar-refractivity contribution in [3.05, 3.63) is 71.1 Å². The minimum absolute atomic E-state index is 0.00737. The van der Waals surface area contributed by atoms with E-state index in [2.05, 4.69) is 37.4 Å². The summed E-state index contributed by atoms with van der Waals surface area (Å²) in [5.74, 6) is -0.247. The topological polar surface area (TPSA) is 61.8 Å². The SMILES string of the molecule is C=C(C)C(=O)OCOC1CCC(c2ccc(-c3ccc(COC(=O)C(=C)C)cc3)s2)CC1. The number of carbonyl (C=O) groups excluding carboxylic acids is 2. The molecule has 0 aliphatic heterocycles. The molecule has 5 nitrogen and oxygen atoms in total. The molecular weight excluding hydrogens is 424 g/mol. The van der Waals surface area contributed by atoms with Gasteiger partial charge in [0.25, 0.3) is 0 Å². The molecule has 0 amide bonds. The molecule has 0 atom stereocenters. The summed E-state index contributed by atoms with van der Waals surface area (Å²) in [5.41, 5.74) is 2.89. The van der Waals surface area contributed by atoms with Crippen LogP contribution in [0.1, 0.15) is 55.9 Å². The van der Waals surface area contributed by atoms with E-state index in [1.54, 1.807) is 13.8 Å². The van der Waals surface area contributed by atoms with E-state index in [0.29, 0.717) is 17.1 Å². The van der Waals surface area contributed by atoms with Crippen molar-refractivity contribution in [2.75, 3.05) is 6.79 Å². The van der Waals surface area contributed by atoms with Crippen LogP contribution in [0.5, 0.6) is 0 Å². The predicted molar refractivity (Wildman–Crippen MR) is 126 cm³/mol. The Kier molecular flexibility index (Phi) is 8.42. The summed E-state index contributed by atoms with van der Waals surface area (Å²) in [6.07, 6.45) is 4.17. The number of thiophene rings is 1. The van der Waals surface area contributed by atoms with Crippen LogP contribution in [0.3, 0.4) is 0 Å². The first kappa shape index (κ1) is 24.0. The van der Waals surface area contributed by atoms with Gasteiger partial charge in [-0.3, -0.25) is 0 Å². The van der Waals surface area contributed by atoms with Crippen molar-refractivity contribution in [2.45, 2.75) is 58.2 Å². The second kappa shape index (κ2) is 11.2. The van der Waals surface area contributed by atoms with Crippen molar-refractivity contribution in [3.8, 4) is 10.4 Å². The number of ether oxygens (including phenoxy) is 3. The first-order valence-corrected chi connectivity index (χ1v) is 11.6. The van der Waals surface area contributed by atoms with E-state index >= 15 is 0 Å². The van der Waals surface area contributed by atoms with E-state index in [1.165, 1.54) is 9.75 Å². The van der Waals surface area contributed by atoms with E-state index in [1.807, 2.05) is 23.5 Å². The van der Waals surface area contributed by atoms with E-state index < -0.39 is 5.97 Å². The highest BCUT2D eigenvalue weighted by atomic mass is 32.1. The van der Waals surface area contributed by atoms with Gasteiger partial charge < -0.3 is 14.2 Å². The molecule has 2 aromatic rings. The van der Waals surface area contributed by atoms with Gasteiger partial charge in [-0.25, -0.2) is 9.59 Å². The standard InChI is InChI=1S/C26H30O5S/c1-17(2)25(27)29-15-19-5-7-20(8-6-19)23-13-14-24(32-23)21-9-11-22(12-10-21)30-16-31-26(28)18(3)4/h5-8,13-14,21-22H,1,3,9-12,15-16H2,2,4H3. The Morgan fingerprint density at radius 2 is 1.53 bits per heavy atom. The van der Waals surface area contributed by atoms with Gasteiger partial charge in [0.2, 0.25) is 0 Å². The van der Waals surface area contributed by atoms with Crippen LogP contribution < -0.4 is 0 Å². The predicted octanol–water partition coefficient (Wildman–Crippen LogP) is 6.15. The molecule has 0 saturated heterocycles. The van der Waals surface area contributed by atoms with Crippen molar-refractivity contribution in [1.29, 1.82) is 0 Å². The highest BCUT2D eigenvalue weighted by molar-refractivity contribution is 7.15. The van der Waals surface area contributed by atoms with Gasteiger partial charge in [0, 0.05) is 20.9 Å². The van der Waals surface area contributed by atoms with Gasteiger partial charge in [-0.2, -0.15) is 0 Å². The average molecular weight is 455 g/mol. The van der Waals surface area contributed by atoms with Crippen LogP contribution in [0, 0.1) is 0 Å². The summed E-state index contributed by atoms with van der Waals surface area (Å²) in [6.45, 7) is 10.7. The van der Waals surface area contributed by atoms with Crippen LogP contribution in [-0.4, -0.2) is 24.8 Å². The second-order valence-corrected chi connectivity index (χ2v) is 9.34. The van der Waals surface area contributed by atoms with Crippen LogP contribution in [-0.2, 0) is 30.4 Å². The lowest BCUT2D eigenvalue weighted by atomic mass is 9.86. The molecule has 1 fully saturated rings. The van der Waals surface area contributed by atoms with Gasteiger partial charge in [0.05, 0.1) is 6.10 Å². The van der Waals surface area contributed by atoms with Crippen molar-refractivity contribution >= 4 is 23.3 Å². The summed E-state index contributed by atoms with van der Waals surface area (Å²) in [7, 11) is 0. The number of rotatable bonds is 9. The quantitative estimate of drug-likeness (QED) is 0.258. The lowest BCUT2D eigenvalue weighted by Gasteiger charge is -2.27.